The Bertz CT molecular complexity index is 361. The van der Waals surface area contributed by atoms with Gasteiger partial charge in [0.25, 0.3) is 0 Å². The fourth-order valence-corrected chi connectivity index (χ4v) is 1.86. The summed E-state index contributed by atoms with van der Waals surface area (Å²) in [5, 5.41) is 0.935. The van der Waals surface area contributed by atoms with Crippen molar-refractivity contribution in [1.29, 1.82) is 0 Å². The minimum Gasteiger partial charge on any atom is -0.377 e. The molecule has 0 aliphatic heterocycles. The number of anilines is 1. The van der Waals surface area contributed by atoms with Gasteiger partial charge in [0.15, 0.2) is 0 Å². The highest BCUT2D eigenvalue weighted by atomic mass is 79.9. The van der Waals surface area contributed by atoms with Crippen LogP contribution in [0.5, 0.6) is 0 Å². The molecule has 0 atom stereocenters. The molecule has 0 spiro atoms. The predicted octanol–water partition coefficient (Wildman–Crippen LogP) is 3.86. The molecule has 1 aromatic carbocycles. The molecule has 16 heavy (non-hydrogen) atoms. The van der Waals surface area contributed by atoms with Crippen LogP contribution in [0.25, 0.3) is 0 Å². The molecule has 0 heterocycles. The molecular weight excluding hydrogens is 269 g/mol. The van der Waals surface area contributed by atoms with Crippen LogP contribution in [0.3, 0.4) is 0 Å². The Kier molecular flexibility index (Phi) is 4.36. The third-order valence-corrected chi connectivity index (χ3v) is 4.08. The molecule has 0 aliphatic carbocycles. The van der Waals surface area contributed by atoms with E-state index in [-0.39, 0.29) is 11.2 Å². The first kappa shape index (κ1) is 13.5. The van der Waals surface area contributed by atoms with Gasteiger partial charge in [-0.1, -0.05) is 35.8 Å². The van der Waals surface area contributed by atoms with E-state index in [9.17, 15) is 4.39 Å². The predicted molar refractivity (Wildman–Crippen MR) is 72.0 cm³/mol. The number of rotatable bonds is 4. The van der Waals surface area contributed by atoms with E-state index >= 15 is 0 Å². The number of hydrogen-bond donors (Lipinski definition) is 0. The number of hydrogen-bond acceptors (Lipinski definition) is 1. The molecule has 0 N–H and O–H groups in total. The molecule has 0 unspecified atom stereocenters. The molecule has 0 amide bonds. The van der Waals surface area contributed by atoms with E-state index in [1.54, 1.807) is 6.07 Å². The second-order valence-corrected chi connectivity index (χ2v) is 5.70. The van der Waals surface area contributed by atoms with Gasteiger partial charge in [-0.3, -0.25) is 0 Å². The van der Waals surface area contributed by atoms with Crippen LogP contribution >= 0.6 is 15.9 Å². The van der Waals surface area contributed by atoms with Crippen molar-refractivity contribution < 1.29 is 4.39 Å². The molecule has 1 rings (SSSR count). The van der Waals surface area contributed by atoms with Crippen LogP contribution < -0.4 is 4.90 Å². The summed E-state index contributed by atoms with van der Waals surface area (Å²) in [6, 6.07) is 5.02. The minimum absolute atomic E-state index is 0.177. The SMILES string of the molecule is CN(C)c1cc(F)ccc1CC(C)(C)CBr. The maximum absolute atomic E-state index is 13.2. The van der Waals surface area contributed by atoms with E-state index in [2.05, 4.69) is 29.8 Å². The smallest absolute Gasteiger partial charge is 0.125 e. The van der Waals surface area contributed by atoms with Gasteiger partial charge < -0.3 is 4.90 Å². The molecule has 0 bridgehead atoms. The Morgan fingerprint density at radius 3 is 2.44 bits per heavy atom. The summed E-state index contributed by atoms with van der Waals surface area (Å²) in [7, 11) is 3.89. The van der Waals surface area contributed by atoms with Crippen LogP contribution in [-0.2, 0) is 6.42 Å². The number of benzene rings is 1. The van der Waals surface area contributed by atoms with Gasteiger partial charge >= 0.3 is 0 Å². The summed E-state index contributed by atoms with van der Waals surface area (Å²) in [4.78, 5) is 1.96. The Hall–Kier alpha value is -0.570. The zero-order valence-electron chi connectivity index (χ0n) is 10.3. The van der Waals surface area contributed by atoms with Crippen LogP contribution in [0.4, 0.5) is 10.1 Å². The first-order chi connectivity index (χ1) is 7.35. The van der Waals surface area contributed by atoms with E-state index < -0.39 is 0 Å². The highest BCUT2D eigenvalue weighted by Crippen LogP contribution is 2.29. The average molecular weight is 288 g/mol. The van der Waals surface area contributed by atoms with Gasteiger partial charge in [-0.2, -0.15) is 0 Å². The van der Waals surface area contributed by atoms with Gasteiger partial charge in [-0.25, -0.2) is 4.39 Å². The van der Waals surface area contributed by atoms with Gasteiger partial charge in [-0.15, -0.1) is 0 Å². The second kappa shape index (κ2) is 5.17. The third-order valence-electron chi connectivity index (χ3n) is 2.56. The molecule has 0 saturated carbocycles. The molecule has 0 fully saturated rings. The second-order valence-electron chi connectivity index (χ2n) is 5.14. The highest BCUT2D eigenvalue weighted by molar-refractivity contribution is 9.09. The molecule has 0 aromatic heterocycles. The van der Waals surface area contributed by atoms with Gasteiger partial charge in [0.2, 0.25) is 0 Å². The largest absolute Gasteiger partial charge is 0.377 e. The van der Waals surface area contributed by atoms with Crippen molar-refractivity contribution in [3.63, 3.8) is 0 Å². The van der Waals surface area contributed by atoms with Crippen molar-refractivity contribution in [2.75, 3.05) is 24.3 Å². The summed E-state index contributed by atoms with van der Waals surface area (Å²) in [6.07, 6.45) is 0.937. The van der Waals surface area contributed by atoms with Crippen molar-refractivity contribution >= 4 is 21.6 Å². The van der Waals surface area contributed by atoms with Crippen molar-refractivity contribution in [2.45, 2.75) is 20.3 Å². The van der Waals surface area contributed by atoms with E-state index in [1.165, 1.54) is 11.6 Å². The van der Waals surface area contributed by atoms with Crippen molar-refractivity contribution in [2.24, 2.45) is 5.41 Å². The van der Waals surface area contributed by atoms with Crippen LogP contribution in [0.2, 0.25) is 0 Å². The molecule has 0 saturated heterocycles. The monoisotopic (exact) mass is 287 g/mol. The standard InChI is InChI=1S/C13H19BrFN/c1-13(2,9-14)8-10-5-6-11(15)7-12(10)16(3)4/h5-7H,8-9H2,1-4H3. The fraction of sp³-hybridized carbons (Fsp3) is 0.538. The summed E-state index contributed by atoms with van der Waals surface area (Å²) >= 11 is 3.52. The van der Waals surface area contributed by atoms with Crippen molar-refractivity contribution in [1.82, 2.24) is 0 Å². The first-order valence-corrected chi connectivity index (χ1v) is 6.49. The summed E-state index contributed by atoms with van der Waals surface area (Å²) < 4.78 is 13.2. The highest BCUT2D eigenvalue weighted by Gasteiger charge is 2.19. The zero-order chi connectivity index (χ0) is 12.3. The van der Waals surface area contributed by atoms with Crippen LogP contribution in [-0.4, -0.2) is 19.4 Å². The minimum atomic E-state index is -0.177. The summed E-state index contributed by atoms with van der Waals surface area (Å²) in [6.45, 7) is 4.40. The fourth-order valence-electron chi connectivity index (χ4n) is 1.67. The topological polar surface area (TPSA) is 3.24 Å². The lowest BCUT2D eigenvalue weighted by molar-refractivity contribution is 0.424. The number of alkyl halides is 1. The normalized spacial score (nSPS) is 11.6. The Labute approximate surface area is 106 Å². The summed E-state index contributed by atoms with van der Waals surface area (Å²) in [5.41, 5.74) is 2.34. The van der Waals surface area contributed by atoms with Gasteiger partial charge in [0.1, 0.15) is 5.82 Å². The maximum Gasteiger partial charge on any atom is 0.125 e. The first-order valence-electron chi connectivity index (χ1n) is 5.37. The Morgan fingerprint density at radius 2 is 1.94 bits per heavy atom. The van der Waals surface area contributed by atoms with Crippen molar-refractivity contribution in [3.8, 4) is 0 Å². The molecule has 90 valence electrons. The van der Waals surface area contributed by atoms with Gasteiger partial charge in [0.05, 0.1) is 0 Å². The molecule has 1 nitrogen and oxygen atoms in total. The maximum atomic E-state index is 13.2. The van der Waals surface area contributed by atoms with Crippen LogP contribution in [0.1, 0.15) is 19.4 Å². The molecule has 1 aromatic rings. The van der Waals surface area contributed by atoms with E-state index in [0.717, 1.165) is 17.4 Å². The van der Waals surface area contributed by atoms with Gasteiger partial charge in [-0.05, 0) is 29.5 Å². The summed E-state index contributed by atoms with van der Waals surface area (Å²) in [5.74, 6) is -0.177. The molecular formula is C13H19BrFN. The van der Waals surface area contributed by atoms with Crippen LogP contribution in [0, 0.1) is 11.2 Å². The average Bonchev–Trinajstić information content (AvgIpc) is 2.20. The Balaban J connectivity index is 3.04. The quantitative estimate of drug-likeness (QED) is 0.761. The van der Waals surface area contributed by atoms with Crippen molar-refractivity contribution in [3.05, 3.63) is 29.6 Å². The lowest BCUT2D eigenvalue weighted by Gasteiger charge is -2.25. The molecule has 3 heteroatoms. The molecule has 0 aliphatic rings. The zero-order valence-corrected chi connectivity index (χ0v) is 11.9. The lowest BCUT2D eigenvalue weighted by Crippen LogP contribution is -2.19. The Morgan fingerprint density at radius 1 is 1.31 bits per heavy atom. The molecule has 0 radical (unpaired) electrons. The number of halogens is 2. The lowest BCUT2D eigenvalue weighted by atomic mass is 9.87. The van der Waals surface area contributed by atoms with E-state index in [1.807, 2.05) is 25.1 Å². The third kappa shape index (κ3) is 3.48. The van der Waals surface area contributed by atoms with Gasteiger partial charge in [0, 0.05) is 25.1 Å². The number of nitrogens with zero attached hydrogens (tertiary/aromatic N) is 1. The van der Waals surface area contributed by atoms with Crippen LogP contribution in [0.15, 0.2) is 18.2 Å². The van der Waals surface area contributed by atoms with E-state index in [0.29, 0.717) is 0 Å². The van der Waals surface area contributed by atoms with E-state index in [4.69, 9.17) is 0 Å².